The van der Waals surface area contributed by atoms with E-state index in [1.54, 1.807) is 50.8 Å². The number of esters is 1. The molecule has 228 valence electrons. The number of rotatable bonds is 9. The number of aliphatic hydroxyl groups excluding tert-OH is 1. The van der Waals surface area contributed by atoms with Gasteiger partial charge in [0.25, 0.3) is 0 Å². The molecule has 4 rings (SSSR count). The van der Waals surface area contributed by atoms with E-state index in [9.17, 15) is 19.5 Å². The number of methoxy groups -OCH3 is 1. The quantitative estimate of drug-likeness (QED) is 0.415. The summed E-state index contributed by atoms with van der Waals surface area (Å²) in [7, 11) is 1.26. The Bertz CT molecular complexity index is 1320. The molecule has 0 aromatic heterocycles. The third-order valence-corrected chi connectivity index (χ3v) is 6.90. The Balaban J connectivity index is 1.56. The Morgan fingerprint density at radius 1 is 1.14 bits per heavy atom. The predicted molar refractivity (Wildman–Crippen MR) is 154 cm³/mol. The van der Waals surface area contributed by atoms with Crippen molar-refractivity contribution in [1.82, 2.24) is 4.90 Å². The Labute approximate surface area is 246 Å². The number of amides is 2. The van der Waals surface area contributed by atoms with Crippen LogP contribution >= 0.6 is 0 Å². The first-order chi connectivity index (χ1) is 19.9. The van der Waals surface area contributed by atoms with E-state index in [1.165, 1.54) is 7.11 Å². The largest absolute Gasteiger partial charge is 0.490 e. The molecule has 0 radical (unpaired) electrons. The number of aryl methyl sites for hydroxylation is 2. The molecule has 2 aliphatic rings. The van der Waals surface area contributed by atoms with Crippen molar-refractivity contribution >= 4 is 23.7 Å². The van der Waals surface area contributed by atoms with Crippen molar-refractivity contribution in [2.45, 2.75) is 77.7 Å². The highest BCUT2D eigenvalue weighted by Gasteiger charge is 2.39. The summed E-state index contributed by atoms with van der Waals surface area (Å²) in [6.45, 7) is 8.96. The number of benzene rings is 2. The van der Waals surface area contributed by atoms with Gasteiger partial charge in [0.05, 0.1) is 26.3 Å². The second kappa shape index (κ2) is 12.9. The summed E-state index contributed by atoms with van der Waals surface area (Å²) in [5.41, 5.74) is 1.94. The van der Waals surface area contributed by atoms with Crippen LogP contribution in [0.25, 0.3) is 0 Å². The van der Waals surface area contributed by atoms with E-state index < -0.39 is 29.8 Å². The number of aliphatic hydroxyl groups is 1. The van der Waals surface area contributed by atoms with E-state index in [2.05, 4.69) is 5.32 Å². The second-order valence-corrected chi connectivity index (χ2v) is 11.7. The molecule has 1 saturated heterocycles. The first-order valence-corrected chi connectivity index (χ1v) is 14.1. The molecule has 3 atom stereocenters. The highest BCUT2D eigenvalue weighted by molar-refractivity contribution is 5.96. The van der Waals surface area contributed by atoms with Crippen LogP contribution in [0.1, 0.15) is 62.0 Å². The minimum absolute atomic E-state index is 0.0318. The predicted octanol–water partition coefficient (Wildman–Crippen LogP) is 4.26. The smallest absolute Gasteiger partial charge is 0.410 e. The zero-order chi connectivity index (χ0) is 30.6. The fourth-order valence-electron chi connectivity index (χ4n) is 4.95. The van der Waals surface area contributed by atoms with Gasteiger partial charge in [-0.1, -0.05) is 6.07 Å². The molecule has 42 heavy (non-hydrogen) atoms. The van der Waals surface area contributed by atoms with Crippen molar-refractivity contribution in [3.8, 4) is 17.2 Å². The van der Waals surface area contributed by atoms with Crippen LogP contribution in [0.2, 0.25) is 0 Å². The van der Waals surface area contributed by atoms with Gasteiger partial charge in [-0.2, -0.15) is 0 Å². The maximum Gasteiger partial charge on any atom is 0.410 e. The summed E-state index contributed by atoms with van der Waals surface area (Å²) < 4.78 is 28.9. The molecule has 0 aliphatic carbocycles. The molecule has 2 N–H and O–H groups in total. The summed E-state index contributed by atoms with van der Waals surface area (Å²) in [5.74, 6) is 0.366. The molecule has 2 aliphatic heterocycles. The Hall–Kier alpha value is -3.99. The highest BCUT2D eigenvalue weighted by Crippen LogP contribution is 2.34. The molecule has 2 heterocycles. The van der Waals surface area contributed by atoms with Gasteiger partial charge in [-0.15, -0.1) is 0 Å². The normalized spacial score (nSPS) is 18.9. The first-order valence-electron chi connectivity index (χ1n) is 14.1. The molecule has 2 amide bonds. The van der Waals surface area contributed by atoms with Gasteiger partial charge >= 0.3 is 12.1 Å². The molecule has 0 saturated carbocycles. The lowest BCUT2D eigenvalue weighted by Gasteiger charge is -2.28. The number of likely N-dealkylation sites (tertiary alicyclic amines) is 1. The number of hydrogen-bond acceptors (Lipinski definition) is 9. The fourth-order valence-corrected chi connectivity index (χ4v) is 4.95. The molecule has 0 unspecified atom stereocenters. The van der Waals surface area contributed by atoms with Crippen LogP contribution in [0.15, 0.2) is 30.3 Å². The average molecular weight is 585 g/mol. The Morgan fingerprint density at radius 3 is 2.57 bits per heavy atom. The number of fused-ring (bicyclic) bond motifs is 1. The zero-order valence-electron chi connectivity index (χ0n) is 25.0. The van der Waals surface area contributed by atoms with E-state index >= 15 is 0 Å². The van der Waals surface area contributed by atoms with Crippen LogP contribution < -0.4 is 19.5 Å². The van der Waals surface area contributed by atoms with Crippen molar-refractivity contribution in [2.75, 3.05) is 32.2 Å². The van der Waals surface area contributed by atoms with Crippen molar-refractivity contribution in [3.05, 3.63) is 47.0 Å². The summed E-state index contributed by atoms with van der Waals surface area (Å²) in [5, 5.41) is 12.4. The Kier molecular flexibility index (Phi) is 9.50. The van der Waals surface area contributed by atoms with Crippen LogP contribution in [0.5, 0.6) is 17.2 Å². The molecule has 2 aromatic carbocycles. The van der Waals surface area contributed by atoms with Crippen molar-refractivity contribution in [2.24, 2.45) is 0 Å². The number of nitrogens with one attached hydrogen (secondary N) is 1. The van der Waals surface area contributed by atoms with E-state index in [1.807, 2.05) is 19.1 Å². The molecular formula is C31H40N2O9. The van der Waals surface area contributed by atoms with Gasteiger partial charge in [0.2, 0.25) is 5.91 Å². The second-order valence-electron chi connectivity index (χ2n) is 11.7. The van der Waals surface area contributed by atoms with Crippen molar-refractivity contribution in [1.29, 1.82) is 0 Å². The average Bonchev–Trinajstić information content (AvgIpc) is 3.32. The van der Waals surface area contributed by atoms with Crippen LogP contribution in [-0.4, -0.2) is 78.7 Å². The van der Waals surface area contributed by atoms with Crippen LogP contribution in [-0.2, 0) is 20.7 Å². The zero-order valence-corrected chi connectivity index (χ0v) is 25.0. The maximum atomic E-state index is 13.2. The number of carbonyl (C=O) groups excluding carboxylic acids is 3. The van der Waals surface area contributed by atoms with Crippen LogP contribution in [0.4, 0.5) is 10.5 Å². The van der Waals surface area contributed by atoms with Gasteiger partial charge in [0.1, 0.15) is 47.2 Å². The third-order valence-electron chi connectivity index (χ3n) is 6.90. The van der Waals surface area contributed by atoms with Crippen molar-refractivity contribution < 1.29 is 43.2 Å². The van der Waals surface area contributed by atoms with E-state index in [-0.39, 0.29) is 48.8 Å². The summed E-state index contributed by atoms with van der Waals surface area (Å²) in [6, 6.07) is 8.55. The molecule has 11 heteroatoms. The minimum atomic E-state index is -0.706. The molecule has 0 bridgehead atoms. The molecule has 11 nitrogen and oxygen atoms in total. The molecule has 2 aromatic rings. The number of nitrogens with zero attached hydrogens (tertiary/aromatic N) is 1. The minimum Gasteiger partial charge on any atom is -0.490 e. The lowest BCUT2D eigenvalue weighted by molar-refractivity contribution is -0.116. The monoisotopic (exact) mass is 584 g/mol. The maximum absolute atomic E-state index is 13.2. The fraction of sp³-hybridized carbons (Fsp3) is 0.516. The lowest BCUT2D eigenvalue weighted by atomic mass is 10.0. The molecule has 1 fully saturated rings. The summed E-state index contributed by atoms with van der Waals surface area (Å²) in [4.78, 5) is 39.4. The SMILES string of the molecule is COC(=O)c1c(OC[C@H]2C[C@H](Oc3ccc4c(c3)NC(=O)CC4)CN2C(=O)OC(C)(C)C)cc(C)cc1O[C@@H](C)CO. The van der Waals surface area contributed by atoms with Crippen molar-refractivity contribution in [3.63, 3.8) is 0 Å². The van der Waals surface area contributed by atoms with Gasteiger partial charge < -0.3 is 34.1 Å². The number of hydrogen-bond donors (Lipinski definition) is 2. The summed E-state index contributed by atoms with van der Waals surface area (Å²) >= 11 is 0. The highest BCUT2D eigenvalue weighted by atomic mass is 16.6. The van der Waals surface area contributed by atoms with Crippen LogP contribution in [0, 0.1) is 6.92 Å². The molecular weight excluding hydrogens is 544 g/mol. The van der Waals surface area contributed by atoms with E-state index in [4.69, 9.17) is 23.7 Å². The van der Waals surface area contributed by atoms with E-state index in [0.29, 0.717) is 25.0 Å². The number of ether oxygens (including phenoxy) is 5. The van der Waals surface area contributed by atoms with Gasteiger partial charge in [-0.05, 0) is 70.4 Å². The summed E-state index contributed by atoms with van der Waals surface area (Å²) in [6.07, 6.45) is 0.135. The van der Waals surface area contributed by atoms with Gasteiger partial charge in [0.15, 0.2) is 0 Å². The number of carbonyl (C=O) groups is 3. The van der Waals surface area contributed by atoms with Crippen LogP contribution in [0.3, 0.4) is 0 Å². The van der Waals surface area contributed by atoms with Gasteiger partial charge in [-0.3, -0.25) is 9.69 Å². The first kappa shape index (κ1) is 31.0. The standard InChI is InChI=1S/C31H40N2O9/c1-18-11-25(28(29(36)38-6)26(12-18)40-19(2)16-34)39-17-21-13-23(15-33(21)30(37)42-31(3,4)5)41-22-9-7-20-8-10-27(35)32-24(20)14-22/h7,9,11-12,14,19,21,23,34H,8,10,13,15-17H2,1-6H3,(H,32,35)/t19-,21+,23-/m0/s1. The lowest BCUT2D eigenvalue weighted by Crippen LogP contribution is -2.42. The van der Waals surface area contributed by atoms with E-state index in [0.717, 1.165) is 16.8 Å². The number of anilines is 1. The van der Waals surface area contributed by atoms with Gasteiger partial charge in [0, 0.05) is 24.6 Å². The van der Waals surface area contributed by atoms with Gasteiger partial charge in [-0.25, -0.2) is 9.59 Å². The Morgan fingerprint density at radius 2 is 1.88 bits per heavy atom. The third kappa shape index (κ3) is 7.64. The molecule has 0 spiro atoms. The topological polar surface area (TPSA) is 133 Å².